The summed E-state index contributed by atoms with van der Waals surface area (Å²) in [5, 5.41) is 0.773. The third-order valence-corrected chi connectivity index (χ3v) is 5.04. The number of rotatable bonds is 5. The van der Waals surface area contributed by atoms with Crippen LogP contribution in [0.1, 0.15) is 43.0 Å². The molecule has 3 heteroatoms. The summed E-state index contributed by atoms with van der Waals surface area (Å²) in [6.07, 6.45) is 5.07. The second-order valence-corrected chi connectivity index (χ2v) is 6.80. The lowest BCUT2D eigenvalue weighted by molar-refractivity contribution is 0.734. The maximum absolute atomic E-state index is 6.26. The predicted octanol–water partition coefficient (Wildman–Crippen LogP) is 6.70. The molecule has 0 saturated carbocycles. The second kappa shape index (κ2) is 7.71. The van der Waals surface area contributed by atoms with E-state index >= 15 is 0 Å². The van der Waals surface area contributed by atoms with Crippen molar-refractivity contribution in [3.05, 3.63) is 82.6 Å². The highest BCUT2D eigenvalue weighted by atomic mass is 35.5. The third-order valence-electron chi connectivity index (χ3n) is 4.63. The van der Waals surface area contributed by atoms with Crippen LogP contribution in [0.15, 0.2) is 65.8 Å². The number of nitrogens with zero attached hydrogens (tertiary/aromatic N) is 2. The van der Waals surface area contributed by atoms with Crippen LogP contribution < -0.4 is 0 Å². The van der Waals surface area contributed by atoms with Gasteiger partial charge in [0, 0.05) is 16.9 Å². The zero-order chi connectivity index (χ0) is 17.8. The fourth-order valence-corrected chi connectivity index (χ4v) is 2.91. The Bertz CT molecular complexity index is 875. The highest BCUT2D eigenvalue weighted by Gasteiger charge is 2.04. The summed E-state index contributed by atoms with van der Waals surface area (Å²) < 4.78 is 2.09. The maximum atomic E-state index is 6.26. The van der Waals surface area contributed by atoms with Crippen molar-refractivity contribution in [2.75, 3.05) is 0 Å². The van der Waals surface area contributed by atoms with E-state index in [1.165, 1.54) is 5.56 Å². The van der Waals surface area contributed by atoms with Crippen LogP contribution in [0, 0.1) is 6.92 Å². The van der Waals surface area contributed by atoms with Crippen molar-refractivity contribution >= 4 is 23.5 Å². The van der Waals surface area contributed by atoms with Gasteiger partial charge in [0.2, 0.25) is 0 Å². The molecule has 0 saturated heterocycles. The fraction of sp³-hybridized carbons (Fsp3) is 0.227. The molecule has 1 atom stereocenters. The van der Waals surface area contributed by atoms with Crippen LogP contribution in [0.3, 0.4) is 0 Å². The minimum atomic E-state index is 0.585. The topological polar surface area (TPSA) is 17.3 Å². The monoisotopic (exact) mass is 350 g/mol. The van der Waals surface area contributed by atoms with Crippen molar-refractivity contribution in [3.63, 3.8) is 0 Å². The first-order valence-corrected chi connectivity index (χ1v) is 9.04. The molecule has 128 valence electrons. The van der Waals surface area contributed by atoms with Gasteiger partial charge in [0.15, 0.2) is 0 Å². The van der Waals surface area contributed by atoms with E-state index in [-0.39, 0.29) is 0 Å². The molecule has 0 aliphatic heterocycles. The third kappa shape index (κ3) is 4.02. The summed E-state index contributed by atoms with van der Waals surface area (Å²) in [6, 6.07) is 18.6. The van der Waals surface area contributed by atoms with Gasteiger partial charge in [-0.25, -0.2) is 0 Å². The van der Waals surface area contributed by atoms with E-state index in [1.807, 2.05) is 43.6 Å². The van der Waals surface area contributed by atoms with E-state index in [2.05, 4.69) is 53.7 Å². The molecule has 0 N–H and O–H groups in total. The fourth-order valence-electron chi connectivity index (χ4n) is 2.73. The largest absolute Gasteiger partial charge is 0.316 e. The standard InChI is InChI=1S/C22H23ClN2/c1-4-16(2)18-8-10-19(11-9-18)24-15-21-6-5-13-25(21)20-12-7-17(3)22(23)14-20/h5-16H,4H2,1-3H3/t16-/m0/s1. The minimum Gasteiger partial charge on any atom is -0.316 e. The van der Waals surface area contributed by atoms with Gasteiger partial charge in [-0.1, -0.05) is 43.6 Å². The molecule has 0 aliphatic carbocycles. The molecule has 3 rings (SSSR count). The first-order chi connectivity index (χ1) is 12.1. The number of aromatic nitrogens is 1. The van der Waals surface area contributed by atoms with Gasteiger partial charge >= 0.3 is 0 Å². The molecule has 0 amide bonds. The van der Waals surface area contributed by atoms with Gasteiger partial charge in [-0.2, -0.15) is 0 Å². The van der Waals surface area contributed by atoms with Crippen LogP contribution in [0.4, 0.5) is 5.69 Å². The van der Waals surface area contributed by atoms with Crippen LogP contribution in [0.2, 0.25) is 5.02 Å². The van der Waals surface area contributed by atoms with Gasteiger partial charge in [-0.15, -0.1) is 0 Å². The van der Waals surface area contributed by atoms with E-state index in [1.54, 1.807) is 0 Å². The normalized spacial score (nSPS) is 12.6. The Morgan fingerprint density at radius 2 is 1.88 bits per heavy atom. The molecular formula is C22H23ClN2. The Morgan fingerprint density at radius 1 is 1.12 bits per heavy atom. The molecule has 25 heavy (non-hydrogen) atoms. The van der Waals surface area contributed by atoms with Crippen LogP contribution in [0.25, 0.3) is 5.69 Å². The molecule has 3 aromatic rings. The average molecular weight is 351 g/mol. The molecule has 0 bridgehead atoms. The van der Waals surface area contributed by atoms with Gasteiger partial charge < -0.3 is 4.57 Å². The van der Waals surface area contributed by atoms with Crippen LogP contribution >= 0.6 is 11.6 Å². The lowest BCUT2D eigenvalue weighted by Crippen LogP contribution is -1.98. The molecule has 0 unspecified atom stereocenters. The lowest BCUT2D eigenvalue weighted by atomic mass is 9.99. The van der Waals surface area contributed by atoms with Crippen molar-refractivity contribution in [1.82, 2.24) is 4.57 Å². The molecule has 1 heterocycles. The smallest absolute Gasteiger partial charge is 0.0639 e. The van der Waals surface area contributed by atoms with Crippen molar-refractivity contribution in [2.45, 2.75) is 33.1 Å². The minimum absolute atomic E-state index is 0.585. The number of halogens is 1. The highest BCUT2D eigenvalue weighted by Crippen LogP contribution is 2.23. The highest BCUT2D eigenvalue weighted by molar-refractivity contribution is 6.31. The molecule has 1 aromatic heterocycles. The lowest BCUT2D eigenvalue weighted by Gasteiger charge is -2.09. The van der Waals surface area contributed by atoms with E-state index in [4.69, 9.17) is 11.6 Å². The summed E-state index contributed by atoms with van der Waals surface area (Å²) in [7, 11) is 0. The molecule has 0 radical (unpaired) electrons. The summed E-state index contributed by atoms with van der Waals surface area (Å²) in [5.41, 5.74) is 5.45. The van der Waals surface area contributed by atoms with Crippen LogP contribution in [0.5, 0.6) is 0 Å². The SMILES string of the molecule is CC[C@H](C)c1ccc(N=Cc2cccn2-c2ccc(C)c(Cl)c2)cc1. The first kappa shape index (κ1) is 17.5. The number of hydrogen-bond donors (Lipinski definition) is 0. The van der Waals surface area contributed by atoms with Gasteiger partial charge in [-0.3, -0.25) is 4.99 Å². The zero-order valence-electron chi connectivity index (χ0n) is 14.9. The molecular weight excluding hydrogens is 328 g/mol. The van der Waals surface area contributed by atoms with Gasteiger partial charge in [0.05, 0.1) is 17.6 Å². The Morgan fingerprint density at radius 3 is 2.56 bits per heavy atom. The maximum Gasteiger partial charge on any atom is 0.0639 e. The molecule has 0 aliphatic rings. The molecule has 0 spiro atoms. The van der Waals surface area contributed by atoms with Crippen molar-refractivity contribution in [1.29, 1.82) is 0 Å². The van der Waals surface area contributed by atoms with E-state index in [0.717, 1.165) is 34.1 Å². The number of benzene rings is 2. The molecule has 2 aromatic carbocycles. The van der Waals surface area contributed by atoms with Crippen LogP contribution in [-0.2, 0) is 0 Å². The summed E-state index contributed by atoms with van der Waals surface area (Å²) in [5.74, 6) is 0.585. The van der Waals surface area contributed by atoms with E-state index in [0.29, 0.717) is 5.92 Å². The Hall–Kier alpha value is -2.32. The second-order valence-electron chi connectivity index (χ2n) is 6.40. The predicted molar refractivity (Wildman–Crippen MR) is 108 cm³/mol. The summed E-state index contributed by atoms with van der Waals surface area (Å²) in [6.45, 7) is 6.47. The van der Waals surface area contributed by atoms with Gasteiger partial charge in [0.25, 0.3) is 0 Å². The van der Waals surface area contributed by atoms with Gasteiger partial charge in [0.1, 0.15) is 0 Å². The van der Waals surface area contributed by atoms with Crippen molar-refractivity contribution in [3.8, 4) is 5.69 Å². The zero-order valence-corrected chi connectivity index (χ0v) is 15.7. The van der Waals surface area contributed by atoms with Crippen LogP contribution in [-0.4, -0.2) is 10.8 Å². The number of hydrogen-bond acceptors (Lipinski definition) is 1. The average Bonchev–Trinajstić information content (AvgIpc) is 3.10. The van der Waals surface area contributed by atoms with E-state index in [9.17, 15) is 0 Å². The van der Waals surface area contributed by atoms with E-state index < -0.39 is 0 Å². The summed E-state index contributed by atoms with van der Waals surface area (Å²) >= 11 is 6.26. The van der Waals surface area contributed by atoms with Gasteiger partial charge in [-0.05, 0) is 66.8 Å². The number of aliphatic imine (C=N–C) groups is 1. The number of aryl methyl sites for hydroxylation is 1. The Kier molecular flexibility index (Phi) is 5.40. The quantitative estimate of drug-likeness (QED) is 0.455. The molecule has 2 nitrogen and oxygen atoms in total. The first-order valence-electron chi connectivity index (χ1n) is 8.66. The summed E-state index contributed by atoms with van der Waals surface area (Å²) in [4.78, 5) is 4.62. The Labute approximate surface area is 154 Å². The van der Waals surface area contributed by atoms with Crippen molar-refractivity contribution in [2.24, 2.45) is 4.99 Å². The van der Waals surface area contributed by atoms with Crippen molar-refractivity contribution < 1.29 is 0 Å². The molecule has 0 fully saturated rings. The Balaban J connectivity index is 1.83.